The predicted molar refractivity (Wildman–Crippen MR) is 95.7 cm³/mol. The summed E-state index contributed by atoms with van der Waals surface area (Å²) in [5.41, 5.74) is 16.3. The number of amides is 1. The van der Waals surface area contributed by atoms with Gasteiger partial charge < -0.3 is 32.3 Å². The minimum absolute atomic E-state index is 0.0643. The van der Waals surface area contributed by atoms with Crippen LogP contribution in [-0.2, 0) is 14.4 Å². The van der Waals surface area contributed by atoms with Gasteiger partial charge in [0.2, 0.25) is 5.91 Å². The van der Waals surface area contributed by atoms with Crippen LogP contribution in [0.1, 0.15) is 32.1 Å². The van der Waals surface area contributed by atoms with E-state index >= 15 is 0 Å². The average Bonchev–Trinajstić information content (AvgIpc) is 2.64. The van der Waals surface area contributed by atoms with Crippen LogP contribution in [0.3, 0.4) is 0 Å². The number of carbonyl (C=O) groups is 3. The number of guanidine groups is 1. The van der Waals surface area contributed by atoms with E-state index in [-0.39, 0.29) is 11.9 Å². The molecule has 0 spiro atoms. The Morgan fingerprint density at radius 1 is 0.903 bits per heavy atom. The Kier molecular flexibility index (Phi) is 14.0. The van der Waals surface area contributed by atoms with Crippen LogP contribution in [0.5, 0.6) is 0 Å². The van der Waals surface area contributed by atoms with Crippen LogP contribution in [0, 0.1) is 0 Å². The van der Waals surface area contributed by atoms with E-state index < -0.39 is 30.3 Å². The number of carbonyl (C=O) groups excluding carboxylic acids is 1. The summed E-state index contributed by atoms with van der Waals surface area (Å²) >= 11 is 0. The first-order chi connectivity index (χ1) is 14.0. The predicted octanol–water partition coefficient (Wildman–Crippen LogP) is 0.646. The molecule has 8 N–H and O–H groups in total. The number of alkyl halides is 6. The molecule has 0 aromatic heterocycles. The molecule has 1 aliphatic rings. The molecule has 31 heavy (non-hydrogen) atoms. The molecule has 0 aromatic rings. The molecule has 0 aromatic carbocycles. The van der Waals surface area contributed by atoms with Gasteiger partial charge in [-0.3, -0.25) is 9.79 Å². The molecule has 0 bridgehead atoms. The van der Waals surface area contributed by atoms with Gasteiger partial charge in [0, 0.05) is 19.6 Å². The molecule has 182 valence electrons. The van der Waals surface area contributed by atoms with Crippen molar-refractivity contribution in [2.75, 3.05) is 19.6 Å². The number of hydrogen-bond acceptors (Lipinski definition) is 5. The highest BCUT2D eigenvalue weighted by molar-refractivity contribution is 5.81. The number of carboxylic acids is 2. The fourth-order valence-electron chi connectivity index (χ4n) is 1.99. The van der Waals surface area contributed by atoms with Gasteiger partial charge in [0.1, 0.15) is 0 Å². The van der Waals surface area contributed by atoms with Crippen LogP contribution in [0.2, 0.25) is 0 Å². The number of aliphatic imine (C=N–C) groups is 1. The average molecular weight is 469 g/mol. The maximum atomic E-state index is 11.9. The smallest absolute Gasteiger partial charge is 0.475 e. The number of nitrogens with two attached hydrogens (primary N) is 3. The molecule has 0 unspecified atom stereocenters. The Balaban J connectivity index is 0. The molecule has 1 atom stereocenters. The van der Waals surface area contributed by atoms with E-state index in [4.69, 9.17) is 37.0 Å². The zero-order valence-corrected chi connectivity index (χ0v) is 16.2. The van der Waals surface area contributed by atoms with Crippen molar-refractivity contribution in [2.24, 2.45) is 22.2 Å². The van der Waals surface area contributed by atoms with E-state index in [2.05, 4.69) is 4.99 Å². The molecule has 10 nitrogen and oxygen atoms in total. The summed E-state index contributed by atoms with van der Waals surface area (Å²) in [5.74, 6) is -5.37. The van der Waals surface area contributed by atoms with E-state index in [0.29, 0.717) is 13.0 Å². The maximum Gasteiger partial charge on any atom is 0.490 e. The first kappa shape index (κ1) is 30.4. The fourth-order valence-corrected chi connectivity index (χ4v) is 1.99. The highest BCUT2D eigenvalue weighted by Crippen LogP contribution is 2.14. The zero-order chi connectivity index (χ0) is 24.8. The Hall–Kier alpha value is -2.78. The number of likely N-dealkylation sites (tertiary alicyclic amines) is 1. The Bertz CT molecular complexity index is 578. The SMILES string of the molecule is NC(N)=NCCC[C@H](N)C(=O)N1CCCCC1.O=C(O)C(F)(F)F.O=C(O)C(F)(F)F. The van der Waals surface area contributed by atoms with Crippen LogP contribution >= 0.6 is 0 Å². The molecule has 1 amide bonds. The van der Waals surface area contributed by atoms with Gasteiger partial charge in [-0.2, -0.15) is 26.3 Å². The Morgan fingerprint density at radius 3 is 1.61 bits per heavy atom. The number of carboxylic acid groups (broad SMARTS) is 2. The van der Waals surface area contributed by atoms with Crippen molar-refractivity contribution in [1.29, 1.82) is 0 Å². The van der Waals surface area contributed by atoms with E-state index in [1.807, 2.05) is 4.90 Å². The van der Waals surface area contributed by atoms with Crippen molar-refractivity contribution in [3.05, 3.63) is 0 Å². The second-order valence-corrected chi connectivity index (χ2v) is 6.05. The molecular weight excluding hydrogens is 444 g/mol. The molecule has 1 aliphatic heterocycles. The van der Waals surface area contributed by atoms with Crippen molar-refractivity contribution in [3.63, 3.8) is 0 Å². The quantitative estimate of drug-likeness (QED) is 0.168. The van der Waals surface area contributed by atoms with Crippen LogP contribution in [0.25, 0.3) is 0 Å². The van der Waals surface area contributed by atoms with E-state index in [0.717, 1.165) is 32.4 Å². The molecule has 0 radical (unpaired) electrons. The minimum Gasteiger partial charge on any atom is -0.475 e. The highest BCUT2D eigenvalue weighted by Gasteiger charge is 2.38. The highest BCUT2D eigenvalue weighted by atomic mass is 19.4. The lowest BCUT2D eigenvalue weighted by Crippen LogP contribution is -2.45. The lowest BCUT2D eigenvalue weighted by Gasteiger charge is -2.29. The molecule has 0 aliphatic carbocycles. The van der Waals surface area contributed by atoms with Gasteiger partial charge in [0.05, 0.1) is 6.04 Å². The summed E-state index contributed by atoms with van der Waals surface area (Å²) < 4.78 is 63.5. The van der Waals surface area contributed by atoms with E-state index in [9.17, 15) is 31.1 Å². The van der Waals surface area contributed by atoms with Crippen molar-refractivity contribution in [2.45, 2.75) is 50.5 Å². The van der Waals surface area contributed by atoms with Crippen molar-refractivity contribution >= 4 is 23.8 Å². The van der Waals surface area contributed by atoms with Gasteiger partial charge in [-0.1, -0.05) is 0 Å². The first-order valence-corrected chi connectivity index (χ1v) is 8.70. The summed E-state index contributed by atoms with van der Waals surface area (Å²) in [6, 6.07) is -0.415. The molecular formula is C15H25F6N5O5. The fraction of sp³-hybridized carbons (Fsp3) is 0.733. The van der Waals surface area contributed by atoms with E-state index in [1.54, 1.807) is 0 Å². The third kappa shape index (κ3) is 16.7. The van der Waals surface area contributed by atoms with Gasteiger partial charge >= 0.3 is 24.3 Å². The monoisotopic (exact) mass is 469 g/mol. The minimum atomic E-state index is -5.08. The number of rotatable bonds is 5. The maximum absolute atomic E-state index is 11.9. The van der Waals surface area contributed by atoms with Crippen LogP contribution in [-0.4, -0.2) is 76.9 Å². The molecule has 1 rings (SSSR count). The lowest BCUT2D eigenvalue weighted by atomic mass is 10.1. The summed E-state index contributed by atoms with van der Waals surface area (Å²) in [4.78, 5) is 35.5. The van der Waals surface area contributed by atoms with Gasteiger partial charge in [-0.05, 0) is 32.1 Å². The van der Waals surface area contributed by atoms with E-state index in [1.165, 1.54) is 6.42 Å². The first-order valence-electron chi connectivity index (χ1n) is 8.70. The van der Waals surface area contributed by atoms with Gasteiger partial charge in [-0.25, -0.2) is 9.59 Å². The normalized spacial score (nSPS) is 14.7. The van der Waals surface area contributed by atoms with Gasteiger partial charge in [-0.15, -0.1) is 0 Å². The summed E-state index contributed by atoms with van der Waals surface area (Å²) in [7, 11) is 0. The summed E-state index contributed by atoms with van der Waals surface area (Å²) in [5, 5.41) is 14.2. The summed E-state index contributed by atoms with van der Waals surface area (Å²) in [6.45, 7) is 2.23. The van der Waals surface area contributed by atoms with Crippen molar-refractivity contribution < 1.29 is 50.9 Å². The molecule has 16 heteroatoms. The Labute approximate surface area is 173 Å². The number of nitrogens with zero attached hydrogens (tertiary/aromatic N) is 2. The largest absolute Gasteiger partial charge is 0.490 e. The van der Waals surface area contributed by atoms with Gasteiger partial charge in [0.15, 0.2) is 5.96 Å². The lowest BCUT2D eigenvalue weighted by molar-refractivity contribution is -0.193. The topological polar surface area (TPSA) is 185 Å². The summed E-state index contributed by atoms with van der Waals surface area (Å²) in [6.07, 6.45) is -5.41. The molecule has 1 fully saturated rings. The zero-order valence-electron chi connectivity index (χ0n) is 16.2. The third-order valence-electron chi connectivity index (χ3n) is 3.44. The molecule has 1 heterocycles. The van der Waals surface area contributed by atoms with Gasteiger partial charge in [0.25, 0.3) is 0 Å². The number of piperidine rings is 1. The van der Waals surface area contributed by atoms with Crippen LogP contribution < -0.4 is 17.2 Å². The Morgan fingerprint density at radius 2 is 1.29 bits per heavy atom. The second-order valence-electron chi connectivity index (χ2n) is 6.05. The molecule has 1 saturated heterocycles. The van der Waals surface area contributed by atoms with Crippen LogP contribution in [0.15, 0.2) is 4.99 Å². The number of aliphatic carboxylic acids is 2. The molecule has 0 saturated carbocycles. The third-order valence-corrected chi connectivity index (χ3v) is 3.44. The van der Waals surface area contributed by atoms with Crippen molar-refractivity contribution in [3.8, 4) is 0 Å². The number of hydrogen-bond donors (Lipinski definition) is 5. The van der Waals surface area contributed by atoms with Crippen LogP contribution in [0.4, 0.5) is 26.3 Å². The second kappa shape index (κ2) is 14.3. The number of halogens is 6. The standard InChI is InChI=1S/C11H23N5O.2C2HF3O2/c12-9(5-4-6-15-11(13)14)10(17)16-7-2-1-3-8-16;2*3-2(4,5)1(6)7/h9H,1-8,12H2,(H4,13,14,15);2*(H,6,7)/t9-;;/m0../s1. The van der Waals surface area contributed by atoms with Crippen molar-refractivity contribution in [1.82, 2.24) is 4.90 Å².